The second-order valence-corrected chi connectivity index (χ2v) is 6.63. The van der Waals surface area contributed by atoms with Crippen LogP contribution in [0, 0.1) is 10.6 Å². The first-order chi connectivity index (χ1) is 9.41. The zero-order chi connectivity index (χ0) is 14.5. The molecule has 3 nitrogen and oxygen atoms in total. The van der Waals surface area contributed by atoms with Gasteiger partial charge in [0.05, 0.1) is 21.6 Å². The van der Waals surface area contributed by atoms with Crippen LogP contribution in [0.3, 0.4) is 0 Å². The SMILES string of the molecule is CC(C)(c1nccs1)n1c(=S)[nH]c2cc(Cl)c(F)cc21. The van der Waals surface area contributed by atoms with Crippen LogP contribution in [0.5, 0.6) is 0 Å². The van der Waals surface area contributed by atoms with Gasteiger partial charge in [-0.3, -0.25) is 0 Å². The number of H-pyrrole nitrogens is 1. The van der Waals surface area contributed by atoms with Crippen LogP contribution in [-0.2, 0) is 5.54 Å². The molecule has 7 heteroatoms. The highest BCUT2D eigenvalue weighted by molar-refractivity contribution is 7.71. The number of benzene rings is 1. The molecule has 0 aliphatic carbocycles. The van der Waals surface area contributed by atoms with E-state index in [4.69, 9.17) is 23.8 Å². The quantitative estimate of drug-likeness (QED) is 0.690. The van der Waals surface area contributed by atoms with E-state index in [1.54, 1.807) is 23.6 Å². The first kappa shape index (κ1) is 13.7. The molecule has 3 aromatic rings. The maximum Gasteiger partial charge on any atom is 0.178 e. The number of hydrogen-bond donors (Lipinski definition) is 1. The second-order valence-electron chi connectivity index (χ2n) is 4.95. The highest BCUT2D eigenvalue weighted by atomic mass is 35.5. The molecule has 0 spiro atoms. The fraction of sp³-hybridized carbons (Fsp3) is 0.231. The Kier molecular flexibility index (Phi) is 3.19. The summed E-state index contributed by atoms with van der Waals surface area (Å²) in [5.41, 5.74) is 0.923. The van der Waals surface area contributed by atoms with Crippen LogP contribution in [0.4, 0.5) is 4.39 Å². The third-order valence-corrected chi connectivity index (χ3v) is 4.90. The Labute approximate surface area is 129 Å². The zero-order valence-electron chi connectivity index (χ0n) is 10.8. The molecule has 0 saturated carbocycles. The molecule has 0 fully saturated rings. The first-order valence-corrected chi connectivity index (χ1v) is 7.58. The summed E-state index contributed by atoms with van der Waals surface area (Å²) in [6.07, 6.45) is 1.75. The third-order valence-electron chi connectivity index (χ3n) is 3.24. The fourth-order valence-electron chi connectivity index (χ4n) is 2.28. The Morgan fingerprint density at radius 2 is 2.20 bits per heavy atom. The lowest BCUT2D eigenvalue weighted by molar-refractivity contribution is 0.440. The number of rotatable bonds is 2. The number of aromatic amines is 1. The minimum absolute atomic E-state index is 0.0768. The van der Waals surface area contributed by atoms with E-state index in [0.717, 1.165) is 5.01 Å². The van der Waals surface area contributed by atoms with Crippen LogP contribution in [0.1, 0.15) is 18.9 Å². The molecule has 3 rings (SSSR count). The van der Waals surface area contributed by atoms with Crippen molar-refractivity contribution in [1.29, 1.82) is 0 Å². The smallest absolute Gasteiger partial charge is 0.178 e. The summed E-state index contributed by atoms with van der Waals surface area (Å²) in [6, 6.07) is 2.95. The van der Waals surface area contributed by atoms with Crippen molar-refractivity contribution in [2.75, 3.05) is 0 Å². The summed E-state index contributed by atoms with van der Waals surface area (Å²) in [5.74, 6) is -0.461. The average Bonchev–Trinajstić information content (AvgIpc) is 2.97. The Hall–Kier alpha value is -1.24. The number of thiazole rings is 1. The van der Waals surface area contributed by atoms with Crippen molar-refractivity contribution in [1.82, 2.24) is 14.5 Å². The summed E-state index contributed by atoms with van der Waals surface area (Å²) < 4.78 is 16.1. The maximum atomic E-state index is 13.8. The Morgan fingerprint density at radius 3 is 2.85 bits per heavy atom. The Bertz CT molecular complexity index is 833. The van der Waals surface area contributed by atoms with Crippen molar-refractivity contribution in [2.45, 2.75) is 19.4 Å². The lowest BCUT2D eigenvalue weighted by Gasteiger charge is -2.25. The molecule has 0 aliphatic rings. The number of fused-ring (bicyclic) bond motifs is 1. The lowest BCUT2D eigenvalue weighted by Crippen LogP contribution is -2.27. The molecule has 0 radical (unpaired) electrons. The number of nitrogens with one attached hydrogen (secondary N) is 1. The topological polar surface area (TPSA) is 33.6 Å². The van der Waals surface area contributed by atoms with Gasteiger partial charge in [0, 0.05) is 17.6 Å². The average molecular weight is 328 g/mol. The predicted molar refractivity (Wildman–Crippen MR) is 82.6 cm³/mol. The van der Waals surface area contributed by atoms with E-state index >= 15 is 0 Å². The van der Waals surface area contributed by atoms with E-state index in [9.17, 15) is 4.39 Å². The molecule has 0 bridgehead atoms. The normalized spacial score (nSPS) is 12.2. The molecule has 2 heterocycles. The van der Waals surface area contributed by atoms with Crippen molar-refractivity contribution in [3.63, 3.8) is 0 Å². The van der Waals surface area contributed by atoms with Gasteiger partial charge in [-0.05, 0) is 32.1 Å². The molecule has 1 aromatic carbocycles. The van der Waals surface area contributed by atoms with E-state index in [1.807, 2.05) is 23.8 Å². The van der Waals surface area contributed by atoms with Gasteiger partial charge in [-0.1, -0.05) is 11.6 Å². The molecule has 20 heavy (non-hydrogen) atoms. The Morgan fingerprint density at radius 1 is 1.45 bits per heavy atom. The molecule has 2 aromatic heterocycles. The van der Waals surface area contributed by atoms with Gasteiger partial charge in [-0.25, -0.2) is 9.37 Å². The van der Waals surface area contributed by atoms with E-state index in [0.29, 0.717) is 15.8 Å². The molecule has 0 atom stereocenters. The summed E-state index contributed by atoms with van der Waals surface area (Å²) in [7, 11) is 0. The highest BCUT2D eigenvalue weighted by Gasteiger charge is 2.28. The van der Waals surface area contributed by atoms with Gasteiger partial charge in [0.25, 0.3) is 0 Å². The van der Waals surface area contributed by atoms with Crippen LogP contribution in [0.2, 0.25) is 5.02 Å². The van der Waals surface area contributed by atoms with Crippen molar-refractivity contribution < 1.29 is 4.39 Å². The Balaban J connectivity index is 2.34. The van der Waals surface area contributed by atoms with E-state index < -0.39 is 11.4 Å². The molecule has 1 N–H and O–H groups in total. The van der Waals surface area contributed by atoms with Gasteiger partial charge < -0.3 is 9.55 Å². The summed E-state index contributed by atoms with van der Waals surface area (Å²) in [6.45, 7) is 4.00. The van der Waals surface area contributed by atoms with E-state index in [2.05, 4.69) is 9.97 Å². The fourth-order valence-corrected chi connectivity index (χ4v) is 3.63. The first-order valence-electron chi connectivity index (χ1n) is 5.91. The largest absolute Gasteiger partial charge is 0.330 e. The van der Waals surface area contributed by atoms with Crippen LogP contribution in [0.15, 0.2) is 23.7 Å². The van der Waals surface area contributed by atoms with E-state index in [1.165, 1.54) is 6.07 Å². The number of imidazole rings is 1. The number of nitrogens with zero attached hydrogens (tertiary/aromatic N) is 2. The summed E-state index contributed by atoms with van der Waals surface area (Å²) >= 11 is 12.7. The number of halogens is 2. The van der Waals surface area contributed by atoms with Gasteiger partial charge in [-0.2, -0.15) is 0 Å². The number of hydrogen-bond acceptors (Lipinski definition) is 3. The molecule has 0 saturated heterocycles. The molecule has 0 unspecified atom stereocenters. The lowest BCUT2D eigenvalue weighted by atomic mass is 10.1. The van der Waals surface area contributed by atoms with Gasteiger partial charge >= 0.3 is 0 Å². The van der Waals surface area contributed by atoms with Crippen molar-refractivity contribution in [2.24, 2.45) is 0 Å². The predicted octanol–water partition coefficient (Wildman–Crippen LogP) is 4.73. The third kappa shape index (κ3) is 1.99. The van der Waals surface area contributed by atoms with Gasteiger partial charge in [0.15, 0.2) is 4.77 Å². The minimum Gasteiger partial charge on any atom is -0.330 e. The monoisotopic (exact) mass is 327 g/mol. The molecular weight excluding hydrogens is 317 g/mol. The summed E-state index contributed by atoms with van der Waals surface area (Å²) in [5, 5.41) is 2.89. The second kappa shape index (κ2) is 4.65. The van der Waals surface area contributed by atoms with Gasteiger partial charge in [-0.15, -0.1) is 11.3 Å². The zero-order valence-corrected chi connectivity index (χ0v) is 13.2. The van der Waals surface area contributed by atoms with Gasteiger partial charge in [0.2, 0.25) is 0 Å². The molecule has 104 valence electrons. The van der Waals surface area contributed by atoms with Crippen LogP contribution >= 0.6 is 35.2 Å². The van der Waals surface area contributed by atoms with Crippen molar-refractivity contribution >= 4 is 46.2 Å². The van der Waals surface area contributed by atoms with Crippen molar-refractivity contribution in [3.05, 3.63) is 44.3 Å². The molecule has 0 amide bonds. The molecule has 0 aliphatic heterocycles. The van der Waals surface area contributed by atoms with Crippen LogP contribution in [-0.4, -0.2) is 14.5 Å². The molecular formula is C13H11ClFN3S2. The minimum atomic E-state index is -0.468. The highest BCUT2D eigenvalue weighted by Crippen LogP contribution is 2.32. The van der Waals surface area contributed by atoms with Crippen LogP contribution < -0.4 is 0 Å². The van der Waals surface area contributed by atoms with Crippen molar-refractivity contribution in [3.8, 4) is 0 Å². The van der Waals surface area contributed by atoms with Crippen LogP contribution in [0.25, 0.3) is 11.0 Å². The standard InChI is InChI=1S/C13H11ClFN3S2/c1-13(2,11-16-3-4-20-11)18-10-6-8(15)7(14)5-9(10)17-12(18)19/h3-6H,1-2H3,(H,17,19). The van der Waals surface area contributed by atoms with Gasteiger partial charge in [0.1, 0.15) is 10.8 Å². The number of aromatic nitrogens is 3. The summed E-state index contributed by atoms with van der Waals surface area (Å²) in [4.78, 5) is 7.42. The maximum absolute atomic E-state index is 13.8. The van der Waals surface area contributed by atoms with E-state index in [-0.39, 0.29) is 5.02 Å².